The number of allylic oxidation sites excluding steroid dienone is 1. The largest absolute Gasteiger partial charge is 0.372 e. The molecule has 3 aromatic rings. The monoisotopic (exact) mass is 428 g/mol. The molecule has 5 rings (SSSR count). The number of fused-ring (bicyclic) bond motifs is 1. The maximum Gasteiger partial charge on any atom is 0.163 e. The van der Waals surface area contributed by atoms with E-state index >= 15 is 0 Å². The minimum Gasteiger partial charge on any atom is -0.372 e. The van der Waals surface area contributed by atoms with Crippen molar-refractivity contribution in [3.8, 4) is 0 Å². The van der Waals surface area contributed by atoms with Gasteiger partial charge in [-0.15, -0.1) is 0 Å². The van der Waals surface area contributed by atoms with Gasteiger partial charge in [0, 0.05) is 22.7 Å². The predicted octanol–water partition coefficient (Wildman–Crippen LogP) is 6.88. The van der Waals surface area contributed by atoms with Crippen molar-refractivity contribution < 1.29 is 4.79 Å². The first-order valence-corrected chi connectivity index (χ1v) is 11.2. The van der Waals surface area contributed by atoms with Crippen LogP contribution in [0, 0.1) is 0 Å². The standard InChI is InChI=1S/C27H25ClN2O/c1-2-17-7-9-18(10-8-17)20-15-24-26(25(31)16-20)27(19-11-13-21(28)14-12-19)30-23-6-4-3-5-22(23)29-24/h3-14,20,27,29-30H,2,15-16H2,1H3. The maximum atomic E-state index is 13.5. The summed E-state index contributed by atoms with van der Waals surface area (Å²) in [7, 11) is 0. The van der Waals surface area contributed by atoms with Crippen LogP contribution in [-0.4, -0.2) is 5.78 Å². The Morgan fingerprint density at radius 2 is 1.55 bits per heavy atom. The van der Waals surface area contributed by atoms with Crippen molar-refractivity contribution in [3.05, 3.63) is 106 Å². The summed E-state index contributed by atoms with van der Waals surface area (Å²) < 4.78 is 0. The number of anilines is 2. The van der Waals surface area contributed by atoms with Crippen LogP contribution in [0.15, 0.2) is 84.1 Å². The lowest BCUT2D eigenvalue weighted by atomic mass is 9.78. The second-order valence-electron chi connectivity index (χ2n) is 8.32. The van der Waals surface area contributed by atoms with Gasteiger partial charge in [-0.1, -0.05) is 67.1 Å². The number of aryl methyl sites for hydroxylation is 1. The Morgan fingerprint density at radius 1 is 0.871 bits per heavy atom. The fourth-order valence-corrected chi connectivity index (χ4v) is 4.78. The molecular weight excluding hydrogens is 404 g/mol. The van der Waals surface area contributed by atoms with Gasteiger partial charge in [0.1, 0.15) is 0 Å². The van der Waals surface area contributed by atoms with Crippen molar-refractivity contribution in [1.29, 1.82) is 0 Å². The predicted molar refractivity (Wildman–Crippen MR) is 128 cm³/mol. The fourth-order valence-electron chi connectivity index (χ4n) is 4.66. The second kappa shape index (κ2) is 8.24. The summed E-state index contributed by atoms with van der Waals surface area (Å²) in [6.07, 6.45) is 2.35. The average molecular weight is 429 g/mol. The van der Waals surface area contributed by atoms with Crippen LogP contribution in [0.5, 0.6) is 0 Å². The molecule has 2 unspecified atom stereocenters. The van der Waals surface area contributed by atoms with Crippen molar-refractivity contribution in [1.82, 2.24) is 0 Å². The molecule has 1 heterocycles. The first-order valence-electron chi connectivity index (χ1n) is 10.9. The third-order valence-corrected chi connectivity index (χ3v) is 6.62. The Kier molecular flexibility index (Phi) is 5.29. The van der Waals surface area contributed by atoms with Gasteiger partial charge in [0.05, 0.1) is 17.4 Å². The van der Waals surface area contributed by atoms with E-state index in [1.165, 1.54) is 11.1 Å². The molecule has 2 aliphatic rings. The first-order chi connectivity index (χ1) is 15.1. The Morgan fingerprint density at radius 3 is 2.26 bits per heavy atom. The Hall–Kier alpha value is -3.04. The van der Waals surface area contributed by atoms with E-state index in [-0.39, 0.29) is 17.7 Å². The summed E-state index contributed by atoms with van der Waals surface area (Å²) >= 11 is 6.13. The van der Waals surface area contributed by atoms with Crippen LogP contribution < -0.4 is 10.6 Å². The average Bonchev–Trinajstić information content (AvgIpc) is 2.96. The summed E-state index contributed by atoms with van der Waals surface area (Å²) in [6, 6.07) is 24.4. The molecule has 31 heavy (non-hydrogen) atoms. The molecule has 0 radical (unpaired) electrons. The van der Waals surface area contributed by atoms with Crippen LogP contribution >= 0.6 is 11.6 Å². The van der Waals surface area contributed by atoms with E-state index in [1.807, 2.05) is 36.4 Å². The number of para-hydroxylation sites is 2. The normalized spacial score (nSPS) is 20.3. The lowest BCUT2D eigenvalue weighted by Crippen LogP contribution is -2.26. The van der Waals surface area contributed by atoms with Gasteiger partial charge < -0.3 is 10.6 Å². The molecule has 1 aliphatic carbocycles. The van der Waals surface area contributed by atoms with Crippen LogP contribution in [0.2, 0.25) is 5.02 Å². The molecule has 0 saturated heterocycles. The summed E-state index contributed by atoms with van der Waals surface area (Å²) in [5.74, 6) is 0.374. The van der Waals surface area contributed by atoms with Crippen molar-refractivity contribution in [3.63, 3.8) is 0 Å². The SMILES string of the molecule is CCc1ccc(C2CC(=O)C3=C(C2)Nc2ccccc2NC3c2ccc(Cl)cc2)cc1. The molecule has 4 heteroatoms. The quantitative estimate of drug-likeness (QED) is 0.477. The molecule has 0 amide bonds. The van der Waals surface area contributed by atoms with Crippen molar-refractivity contribution in [2.24, 2.45) is 0 Å². The lowest BCUT2D eigenvalue weighted by molar-refractivity contribution is -0.116. The first kappa shape index (κ1) is 19.9. The van der Waals surface area contributed by atoms with Gasteiger partial charge in [-0.25, -0.2) is 0 Å². The van der Waals surface area contributed by atoms with Crippen molar-refractivity contribution in [2.75, 3.05) is 10.6 Å². The van der Waals surface area contributed by atoms with Crippen molar-refractivity contribution >= 4 is 28.8 Å². The molecule has 0 saturated carbocycles. The Bertz CT molecular complexity index is 1150. The van der Waals surface area contributed by atoms with Crippen LogP contribution in [0.4, 0.5) is 11.4 Å². The molecule has 3 aromatic carbocycles. The molecule has 0 fully saturated rings. The number of benzene rings is 3. The van der Waals surface area contributed by atoms with Gasteiger partial charge >= 0.3 is 0 Å². The fraction of sp³-hybridized carbons (Fsp3) is 0.222. The number of halogens is 1. The third-order valence-electron chi connectivity index (χ3n) is 6.37. The van der Waals surface area contributed by atoms with Gasteiger partial charge in [-0.05, 0) is 59.7 Å². The lowest BCUT2D eigenvalue weighted by Gasteiger charge is -2.30. The molecule has 0 aromatic heterocycles. The van der Waals surface area contributed by atoms with Crippen LogP contribution in [0.3, 0.4) is 0 Å². The zero-order chi connectivity index (χ0) is 21.4. The maximum absolute atomic E-state index is 13.5. The van der Waals surface area contributed by atoms with E-state index in [9.17, 15) is 4.79 Å². The van der Waals surface area contributed by atoms with Crippen molar-refractivity contribution in [2.45, 2.75) is 38.1 Å². The number of hydrogen-bond acceptors (Lipinski definition) is 3. The second-order valence-corrected chi connectivity index (χ2v) is 8.75. The van der Waals surface area contributed by atoms with Gasteiger partial charge in [-0.3, -0.25) is 4.79 Å². The van der Waals surface area contributed by atoms with Gasteiger partial charge in [0.15, 0.2) is 5.78 Å². The number of ketones is 1. The van der Waals surface area contributed by atoms with E-state index in [1.54, 1.807) is 0 Å². The minimum absolute atomic E-state index is 0.181. The minimum atomic E-state index is -0.209. The van der Waals surface area contributed by atoms with Gasteiger partial charge in [0.2, 0.25) is 0 Å². The highest BCUT2D eigenvalue weighted by atomic mass is 35.5. The van der Waals surface area contributed by atoms with E-state index in [0.717, 1.165) is 41.1 Å². The summed E-state index contributed by atoms with van der Waals surface area (Å²) in [4.78, 5) is 13.5. The highest BCUT2D eigenvalue weighted by Gasteiger charge is 2.35. The molecule has 3 nitrogen and oxygen atoms in total. The van der Waals surface area contributed by atoms with E-state index < -0.39 is 0 Å². The smallest absolute Gasteiger partial charge is 0.163 e. The molecule has 2 atom stereocenters. The van der Waals surface area contributed by atoms with Gasteiger partial charge in [-0.2, -0.15) is 0 Å². The number of carbonyl (C=O) groups excluding carboxylic acids is 1. The molecule has 2 N–H and O–H groups in total. The topological polar surface area (TPSA) is 41.1 Å². The number of hydrogen-bond donors (Lipinski definition) is 2. The zero-order valence-electron chi connectivity index (χ0n) is 17.5. The summed E-state index contributed by atoms with van der Waals surface area (Å²) in [5.41, 5.74) is 7.43. The molecule has 156 valence electrons. The Balaban J connectivity index is 1.57. The number of Topliss-reactive ketones (excluding diaryl/α,β-unsaturated/α-hetero) is 1. The zero-order valence-corrected chi connectivity index (χ0v) is 18.2. The molecular formula is C27H25ClN2O. The number of rotatable bonds is 3. The van der Waals surface area contributed by atoms with E-state index in [4.69, 9.17) is 11.6 Å². The molecule has 0 spiro atoms. The summed E-state index contributed by atoms with van der Waals surface area (Å²) in [5, 5.41) is 7.90. The van der Waals surface area contributed by atoms with Gasteiger partial charge in [0.25, 0.3) is 0 Å². The number of carbonyl (C=O) groups is 1. The van der Waals surface area contributed by atoms with Crippen LogP contribution in [-0.2, 0) is 11.2 Å². The molecule has 0 bridgehead atoms. The third kappa shape index (κ3) is 3.86. The number of nitrogens with one attached hydrogen (secondary N) is 2. The summed E-state index contributed by atoms with van der Waals surface area (Å²) in [6.45, 7) is 2.16. The highest BCUT2D eigenvalue weighted by molar-refractivity contribution is 6.30. The molecule has 1 aliphatic heterocycles. The Labute approximate surface area is 188 Å². The van der Waals surface area contributed by atoms with Crippen LogP contribution in [0.25, 0.3) is 0 Å². The van der Waals surface area contributed by atoms with E-state index in [0.29, 0.717) is 11.4 Å². The van der Waals surface area contributed by atoms with E-state index in [2.05, 4.69) is 54.0 Å². The van der Waals surface area contributed by atoms with Crippen LogP contribution in [0.1, 0.15) is 48.4 Å². The highest BCUT2D eigenvalue weighted by Crippen LogP contribution is 2.44.